The predicted molar refractivity (Wildman–Crippen MR) is 59.0 cm³/mol. The summed E-state index contributed by atoms with van der Waals surface area (Å²) in [4.78, 5) is 4.36. The van der Waals surface area contributed by atoms with Crippen molar-refractivity contribution in [3.63, 3.8) is 0 Å². The van der Waals surface area contributed by atoms with Crippen molar-refractivity contribution in [1.29, 1.82) is 0 Å². The molecule has 0 saturated heterocycles. The lowest BCUT2D eigenvalue weighted by Crippen LogP contribution is -1.95. The molecule has 1 heterocycles. The van der Waals surface area contributed by atoms with Gasteiger partial charge < -0.3 is 15.0 Å². The van der Waals surface area contributed by atoms with Gasteiger partial charge in [-0.2, -0.15) is 0 Å². The molecule has 0 atom stereocenters. The van der Waals surface area contributed by atoms with E-state index >= 15 is 0 Å². The summed E-state index contributed by atoms with van der Waals surface area (Å²) in [6.07, 6.45) is 4.38. The number of hydrogen-bond donors (Lipinski definition) is 1. The van der Waals surface area contributed by atoms with Crippen molar-refractivity contribution in [3.05, 3.63) is 18.5 Å². The van der Waals surface area contributed by atoms with E-state index in [9.17, 15) is 0 Å². The molecule has 0 radical (unpaired) electrons. The molecule has 0 aliphatic heterocycles. The lowest BCUT2D eigenvalue weighted by Gasteiger charge is -2.05. The number of anilines is 1. The van der Waals surface area contributed by atoms with Gasteiger partial charge in [-0.15, -0.1) is 0 Å². The summed E-state index contributed by atoms with van der Waals surface area (Å²) >= 11 is 0. The largest absolute Gasteiger partial charge is 0.495 e. The number of nitrogen functional groups attached to an aromatic ring is 1. The van der Waals surface area contributed by atoms with Gasteiger partial charge in [0.15, 0.2) is 0 Å². The fourth-order valence-corrected chi connectivity index (χ4v) is 1.89. The zero-order valence-corrected chi connectivity index (χ0v) is 8.60. The van der Waals surface area contributed by atoms with E-state index in [1.807, 2.05) is 18.5 Å². The zero-order valence-electron chi connectivity index (χ0n) is 8.60. The quantitative estimate of drug-likeness (QED) is 0.759. The number of nitrogens with zero attached hydrogens (tertiary/aromatic N) is 2. The molecule has 1 aliphatic carbocycles. The van der Waals surface area contributed by atoms with Gasteiger partial charge in [0.1, 0.15) is 5.75 Å². The molecule has 1 saturated carbocycles. The van der Waals surface area contributed by atoms with Crippen LogP contribution in [-0.4, -0.2) is 16.7 Å². The van der Waals surface area contributed by atoms with Gasteiger partial charge in [-0.1, -0.05) is 0 Å². The summed E-state index contributed by atoms with van der Waals surface area (Å²) in [5.74, 6) is 0.698. The summed E-state index contributed by atoms with van der Waals surface area (Å²) in [7, 11) is 1.62. The van der Waals surface area contributed by atoms with Crippen LogP contribution in [0.15, 0.2) is 18.5 Å². The number of benzene rings is 1. The Hall–Kier alpha value is -1.71. The first-order valence-corrected chi connectivity index (χ1v) is 5.09. The molecule has 15 heavy (non-hydrogen) atoms. The number of imidazole rings is 1. The molecule has 0 bridgehead atoms. The lowest BCUT2D eigenvalue weighted by molar-refractivity contribution is 0.417. The molecular formula is C11H13N3O. The van der Waals surface area contributed by atoms with E-state index in [0.717, 1.165) is 11.0 Å². The maximum atomic E-state index is 5.88. The molecule has 0 unspecified atom stereocenters. The molecule has 3 rings (SSSR count). The Kier molecular flexibility index (Phi) is 1.65. The summed E-state index contributed by atoms with van der Waals surface area (Å²) in [6.45, 7) is 0. The van der Waals surface area contributed by atoms with Gasteiger partial charge >= 0.3 is 0 Å². The zero-order chi connectivity index (χ0) is 10.4. The van der Waals surface area contributed by atoms with Crippen molar-refractivity contribution in [3.8, 4) is 5.75 Å². The monoisotopic (exact) mass is 203 g/mol. The number of nitrogens with two attached hydrogens (primary N) is 1. The van der Waals surface area contributed by atoms with Gasteiger partial charge in [-0.25, -0.2) is 4.98 Å². The van der Waals surface area contributed by atoms with Crippen molar-refractivity contribution < 1.29 is 4.74 Å². The SMILES string of the molecule is COc1cc2ncn(C3CC3)c2cc1N. The van der Waals surface area contributed by atoms with E-state index in [1.165, 1.54) is 12.8 Å². The van der Waals surface area contributed by atoms with Crippen molar-refractivity contribution in [1.82, 2.24) is 9.55 Å². The molecule has 4 heteroatoms. The average Bonchev–Trinajstić information content (AvgIpc) is 2.99. The van der Waals surface area contributed by atoms with Crippen LogP contribution in [0.25, 0.3) is 11.0 Å². The molecule has 2 N–H and O–H groups in total. The Balaban J connectivity index is 2.22. The average molecular weight is 203 g/mol. The van der Waals surface area contributed by atoms with Crippen LogP contribution < -0.4 is 10.5 Å². The third kappa shape index (κ3) is 1.25. The first-order chi connectivity index (χ1) is 7.29. The third-order valence-electron chi connectivity index (χ3n) is 2.87. The second-order valence-electron chi connectivity index (χ2n) is 3.97. The van der Waals surface area contributed by atoms with Gasteiger partial charge in [0.25, 0.3) is 0 Å². The van der Waals surface area contributed by atoms with Gasteiger partial charge in [-0.3, -0.25) is 0 Å². The van der Waals surface area contributed by atoms with Crippen molar-refractivity contribution in [2.45, 2.75) is 18.9 Å². The minimum Gasteiger partial charge on any atom is -0.495 e. The Bertz CT molecular complexity index is 514. The Labute approximate surface area is 87.7 Å². The summed E-state index contributed by atoms with van der Waals surface area (Å²) in [5.41, 5.74) is 8.61. The smallest absolute Gasteiger partial charge is 0.144 e. The molecule has 4 nitrogen and oxygen atoms in total. The van der Waals surface area contributed by atoms with E-state index < -0.39 is 0 Å². The lowest BCUT2D eigenvalue weighted by atomic mass is 10.2. The molecular weight excluding hydrogens is 190 g/mol. The van der Waals surface area contributed by atoms with Crippen LogP contribution >= 0.6 is 0 Å². The summed E-state index contributed by atoms with van der Waals surface area (Å²) in [5, 5.41) is 0. The van der Waals surface area contributed by atoms with Crippen molar-refractivity contribution >= 4 is 16.7 Å². The number of ether oxygens (including phenoxy) is 1. The second kappa shape index (κ2) is 2.89. The van der Waals surface area contributed by atoms with E-state index in [4.69, 9.17) is 10.5 Å². The molecule has 2 aromatic rings. The van der Waals surface area contributed by atoms with Crippen LogP contribution in [0, 0.1) is 0 Å². The first kappa shape index (κ1) is 8.59. The van der Waals surface area contributed by atoms with Crippen LogP contribution in [-0.2, 0) is 0 Å². The first-order valence-electron chi connectivity index (χ1n) is 5.09. The van der Waals surface area contributed by atoms with E-state index in [0.29, 0.717) is 17.5 Å². The molecule has 1 aromatic carbocycles. The van der Waals surface area contributed by atoms with Gasteiger partial charge in [0, 0.05) is 12.1 Å². The van der Waals surface area contributed by atoms with Crippen LogP contribution in [0.3, 0.4) is 0 Å². The third-order valence-corrected chi connectivity index (χ3v) is 2.87. The minimum absolute atomic E-state index is 0.628. The Morgan fingerprint density at radius 1 is 1.47 bits per heavy atom. The number of aromatic nitrogens is 2. The fourth-order valence-electron chi connectivity index (χ4n) is 1.89. The summed E-state index contributed by atoms with van der Waals surface area (Å²) in [6, 6.07) is 4.46. The number of hydrogen-bond acceptors (Lipinski definition) is 3. The molecule has 78 valence electrons. The topological polar surface area (TPSA) is 53.1 Å². The van der Waals surface area contributed by atoms with Crippen LogP contribution in [0.2, 0.25) is 0 Å². The Morgan fingerprint density at radius 2 is 2.27 bits per heavy atom. The highest BCUT2D eigenvalue weighted by Gasteiger charge is 2.25. The standard InChI is InChI=1S/C11H13N3O/c1-15-11-5-9-10(4-8(11)12)14(6-13-9)7-2-3-7/h4-7H,2-3,12H2,1H3. The highest BCUT2D eigenvalue weighted by Crippen LogP contribution is 2.38. The van der Waals surface area contributed by atoms with Crippen LogP contribution in [0.4, 0.5) is 5.69 Å². The molecule has 0 amide bonds. The predicted octanol–water partition coefficient (Wildman–Crippen LogP) is 1.96. The van der Waals surface area contributed by atoms with Gasteiger partial charge in [0.2, 0.25) is 0 Å². The van der Waals surface area contributed by atoms with Crippen molar-refractivity contribution in [2.75, 3.05) is 12.8 Å². The molecule has 1 fully saturated rings. The Morgan fingerprint density at radius 3 is 2.93 bits per heavy atom. The maximum absolute atomic E-state index is 5.88. The highest BCUT2D eigenvalue weighted by molar-refractivity contribution is 5.82. The van der Waals surface area contributed by atoms with Gasteiger partial charge in [0.05, 0.1) is 30.2 Å². The van der Waals surface area contributed by atoms with E-state index in [2.05, 4.69) is 9.55 Å². The maximum Gasteiger partial charge on any atom is 0.144 e. The second-order valence-corrected chi connectivity index (χ2v) is 3.97. The number of methoxy groups -OCH3 is 1. The van der Waals surface area contributed by atoms with E-state index in [1.54, 1.807) is 7.11 Å². The van der Waals surface area contributed by atoms with Gasteiger partial charge in [-0.05, 0) is 18.9 Å². The van der Waals surface area contributed by atoms with Crippen molar-refractivity contribution in [2.24, 2.45) is 0 Å². The van der Waals surface area contributed by atoms with Crippen LogP contribution in [0.1, 0.15) is 18.9 Å². The number of fused-ring (bicyclic) bond motifs is 1. The highest BCUT2D eigenvalue weighted by atomic mass is 16.5. The fraction of sp³-hybridized carbons (Fsp3) is 0.364. The molecule has 1 aliphatic rings. The van der Waals surface area contributed by atoms with E-state index in [-0.39, 0.29) is 0 Å². The normalized spacial score (nSPS) is 15.8. The molecule has 0 spiro atoms. The number of rotatable bonds is 2. The van der Waals surface area contributed by atoms with Crippen LogP contribution in [0.5, 0.6) is 5.75 Å². The molecule has 1 aromatic heterocycles. The minimum atomic E-state index is 0.628. The summed E-state index contributed by atoms with van der Waals surface area (Å²) < 4.78 is 7.36.